The maximum Gasteiger partial charge on any atom is 0.283 e. The normalized spacial score (nSPS) is 12.0. The van der Waals surface area contributed by atoms with Gasteiger partial charge in [-0.3, -0.25) is 4.90 Å². The summed E-state index contributed by atoms with van der Waals surface area (Å²) in [5.74, 6) is 1.22. The molecule has 9 heteroatoms. The monoisotopic (exact) mass is 409 g/mol. The van der Waals surface area contributed by atoms with E-state index in [2.05, 4.69) is 10.2 Å². The fourth-order valence-electron chi connectivity index (χ4n) is 2.60. The molecule has 0 radical (unpaired) electrons. The Morgan fingerprint density at radius 2 is 1.89 bits per heavy atom. The molecule has 0 N–H and O–H groups in total. The van der Waals surface area contributed by atoms with Gasteiger partial charge in [-0.05, 0) is 49.4 Å². The van der Waals surface area contributed by atoms with Gasteiger partial charge in [-0.15, -0.1) is 10.2 Å². The number of aromatic nitrogens is 2. The molecule has 144 valence electrons. The zero-order valence-corrected chi connectivity index (χ0v) is 16.4. The van der Waals surface area contributed by atoms with Gasteiger partial charge in [0.2, 0.25) is 5.89 Å². The van der Waals surface area contributed by atoms with Crippen LogP contribution in [0.15, 0.2) is 56.4 Å². The van der Waals surface area contributed by atoms with Crippen LogP contribution in [0.5, 0.6) is 0 Å². The third kappa shape index (κ3) is 5.18. The SMILES string of the molecule is CCCN(CCS(=O)(=O)c1ccc(Cl)cc1)Cc1nnc(-c2ccco2)o1. The van der Waals surface area contributed by atoms with E-state index in [4.69, 9.17) is 20.4 Å². The second-order valence-electron chi connectivity index (χ2n) is 6.03. The Kier molecular flexibility index (Phi) is 6.30. The van der Waals surface area contributed by atoms with Crippen molar-refractivity contribution < 1.29 is 17.3 Å². The average molecular weight is 410 g/mol. The van der Waals surface area contributed by atoms with E-state index in [9.17, 15) is 8.42 Å². The summed E-state index contributed by atoms with van der Waals surface area (Å²) in [6.07, 6.45) is 2.41. The van der Waals surface area contributed by atoms with Crippen molar-refractivity contribution in [3.05, 3.63) is 53.6 Å². The van der Waals surface area contributed by atoms with Crippen LogP contribution in [0.1, 0.15) is 19.2 Å². The molecule has 3 aromatic rings. The van der Waals surface area contributed by atoms with Crippen LogP contribution in [-0.2, 0) is 16.4 Å². The molecule has 0 saturated carbocycles. The number of nitrogens with zero attached hydrogens (tertiary/aromatic N) is 3. The van der Waals surface area contributed by atoms with Gasteiger partial charge in [-0.25, -0.2) is 8.42 Å². The molecule has 0 spiro atoms. The summed E-state index contributed by atoms with van der Waals surface area (Å²) in [6, 6.07) is 9.68. The third-order valence-corrected chi connectivity index (χ3v) is 5.91. The molecule has 0 bridgehead atoms. The highest BCUT2D eigenvalue weighted by Gasteiger charge is 2.19. The first kappa shape index (κ1) is 19.6. The Labute approximate surface area is 162 Å². The van der Waals surface area contributed by atoms with E-state index in [1.165, 1.54) is 18.4 Å². The number of rotatable bonds is 9. The summed E-state index contributed by atoms with van der Waals surface area (Å²) in [5, 5.41) is 8.50. The molecule has 2 aromatic heterocycles. The topological polar surface area (TPSA) is 89.4 Å². The lowest BCUT2D eigenvalue weighted by Crippen LogP contribution is -2.30. The van der Waals surface area contributed by atoms with E-state index in [0.29, 0.717) is 42.2 Å². The van der Waals surface area contributed by atoms with Crippen molar-refractivity contribution >= 4 is 21.4 Å². The highest BCUT2D eigenvalue weighted by molar-refractivity contribution is 7.91. The molecule has 7 nitrogen and oxygen atoms in total. The van der Waals surface area contributed by atoms with Crippen molar-refractivity contribution in [3.8, 4) is 11.7 Å². The number of furan rings is 1. The van der Waals surface area contributed by atoms with Gasteiger partial charge < -0.3 is 8.83 Å². The van der Waals surface area contributed by atoms with Gasteiger partial charge in [-0.1, -0.05) is 18.5 Å². The summed E-state index contributed by atoms with van der Waals surface area (Å²) in [4.78, 5) is 2.24. The van der Waals surface area contributed by atoms with Gasteiger partial charge >= 0.3 is 0 Å². The molecule has 3 rings (SSSR count). The predicted molar refractivity (Wildman–Crippen MR) is 101 cm³/mol. The smallest absolute Gasteiger partial charge is 0.283 e. The molecule has 1 aromatic carbocycles. The van der Waals surface area contributed by atoms with E-state index in [1.807, 2.05) is 11.8 Å². The van der Waals surface area contributed by atoms with Gasteiger partial charge in [0.15, 0.2) is 15.6 Å². The first-order valence-electron chi connectivity index (χ1n) is 8.55. The van der Waals surface area contributed by atoms with Crippen molar-refractivity contribution in [1.82, 2.24) is 15.1 Å². The summed E-state index contributed by atoms with van der Waals surface area (Å²) in [7, 11) is -3.39. The number of benzene rings is 1. The van der Waals surface area contributed by atoms with Gasteiger partial charge in [0.1, 0.15) is 0 Å². The average Bonchev–Trinajstić information content (AvgIpc) is 3.32. The van der Waals surface area contributed by atoms with Crippen molar-refractivity contribution in [2.45, 2.75) is 24.8 Å². The van der Waals surface area contributed by atoms with E-state index in [1.54, 1.807) is 24.3 Å². The molecule has 0 aliphatic carbocycles. The lowest BCUT2D eigenvalue weighted by molar-refractivity contribution is 0.252. The molecule has 2 heterocycles. The maximum atomic E-state index is 12.5. The van der Waals surface area contributed by atoms with Crippen LogP contribution in [-0.4, -0.2) is 42.4 Å². The van der Waals surface area contributed by atoms with Crippen LogP contribution < -0.4 is 0 Å². The highest BCUT2D eigenvalue weighted by Crippen LogP contribution is 2.19. The molecule has 0 atom stereocenters. The van der Waals surface area contributed by atoms with E-state index in [-0.39, 0.29) is 10.6 Å². The summed E-state index contributed by atoms with van der Waals surface area (Å²) in [5.41, 5.74) is 0. The van der Waals surface area contributed by atoms with Gasteiger partial charge in [0.25, 0.3) is 5.89 Å². The van der Waals surface area contributed by atoms with Gasteiger partial charge in [0, 0.05) is 11.6 Å². The molecule has 0 aliphatic rings. The molecule has 0 fully saturated rings. The van der Waals surface area contributed by atoms with E-state index < -0.39 is 9.84 Å². The van der Waals surface area contributed by atoms with Gasteiger partial charge in [0.05, 0.1) is 23.5 Å². The predicted octanol–water partition coefficient (Wildman–Crippen LogP) is 3.67. The summed E-state index contributed by atoms with van der Waals surface area (Å²) < 4.78 is 35.9. The number of sulfone groups is 1. The van der Waals surface area contributed by atoms with Crippen LogP contribution in [0.2, 0.25) is 5.02 Å². The lowest BCUT2D eigenvalue weighted by Gasteiger charge is -2.19. The quantitative estimate of drug-likeness (QED) is 0.532. The molecular weight excluding hydrogens is 390 g/mol. The number of hydrogen-bond acceptors (Lipinski definition) is 7. The van der Waals surface area contributed by atoms with Gasteiger partial charge in [-0.2, -0.15) is 0 Å². The largest absolute Gasteiger partial charge is 0.459 e. The van der Waals surface area contributed by atoms with Crippen molar-refractivity contribution in [1.29, 1.82) is 0 Å². The molecule has 0 amide bonds. The van der Waals surface area contributed by atoms with Crippen LogP contribution in [0, 0.1) is 0 Å². The second-order valence-corrected chi connectivity index (χ2v) is 8.57. The van der Waals surface area contributed by atoms with E-state index in [0.717, 1.165) is 6.42 Å². The fraction of sp³-hybridized carbons (Fsp3) is 0.333. The standard InChI is InChI=1S/C18H20ClN3O4S/c1-2-9-22(10-12-27(23,24)15-7-5-14(19)6-8-15)13-17-20-21-18(26-17)16-4-3-11-25-16/h3-8,11H,2,9-10,12-13H2,1H3. The molecule has 0 saturated heterocycles. The maximum absolute atomic E-state index is 12.5. The van der Waals surface area contributed by atoms with Crippen molar-refractivity contribution in [3.63, 3.8) is 0 Å². The summed E-state index contributed by atoms with van der Waals surface area (Å²) in [6.45, 7) is 3.48. The lowest BCUT2D eigenvalue weighted by atomic mass is 10.4. The fourth-order valence-corrected chi connectivity index (χ4v) is 4.01. The third-order valence-electron chi connectivity index (χ3n) is 3.95. The number of hydrogen-bond donors (Lipinski definition) is 0. The van der Waals surface area contributed by atoms with Crippen molar-refractivity contribution in [2.24, 2.45) is 0 Å². The molecular formula is C18H20ClN3O4S. The zero-order valence-electron chi connectivity index (χ0n) is 14.8. The minimum atomic E-state index is -3.39. The Bertz CT molecular complexity index is 953. The minimum Gasteiger partial charge on any atom is -0.459 e. The second kappa shape index (κ2) is 8.69. The Morgan fingerprint density at radius 3 is 2.56 bits per heavy atom. The van der Waals surface area contributed by atoms with Crippen LogP contribution in [0.3, 0.4) is 0 Å². The minimum absolute atomic E-state index is 0.00614. The molecule has 0 aliphatic heterocycles. The molecule has 0 unspecified atom stereocenters. The van der Waals surface area contributed by atoms with E-state index >= 15 is 0 Å². The molecule has 27 heavy (non-hydrogen) atoms. The first-order chi connectivity index (χ1) is 13.0. The zero-order chi connectivity index (χ0) is 19.3. The number of halogens is 1. The van der Waals surface area contributed by atoms with Crippen LogP contribution >= 0.6 is 11.6 Å². The van der Waals surface area contributed by atoms with Crippen LogP contribution in [0.25, 0.3) is 11.7 Å². The first-order valence-corrected chi connectivity index (χ1v) is 10.6. The van der Waals surface area contributed by atoms with Crippen molar-refractivity contribution in [2.75, 3.05) is 18.8 Å². The Balaban J connectivity index is 1.64. The summed E-state index contributed by atoms with van der Waals surface area (Å²) >= 11 is 5.83. The Morgan fingerprint density at radius 1 is 1.11 bits per heavy atom. The van der Waals surface area contributed by atoms with Crippen LogP contribution in [0.4, 0.5) is 0 Å². The highest BCUT2D eigenvalue weighted by atomic mass is 35.5. The Hall–Kier alpha value is -2.16.